The number of ether oxygens (including phenoxy) is 1. The molecule has 0 radical (unpaired) electrons. The molecule has 4 heteroatoms. The van der Waals surface area contributed by atoms with Gasteiger partial charge in [0.15, 0.2) is 0 Å². The van der Waals surface area contributed by atoms with Gasteiger partial charge in [0.2, 0.25) is 0 Å². The summed E-state index contributed by atoms with van der Waals surface area (Å²) in [5.74, 6) is 0.0815. The Labute approximate surface area is 206 Å². The third kappa shape index (κ3) is 4.42. The fourth-order valence-corrected chi connectivity index (χ4v) is 5.57. The van der Waals surface area contributed by atoms with Crippen molar-refractivity contribution in [2.75, 3.05) is 6.54 Å². The summed E-state index contributed by atoms with van der Waals surface area (Å²) in [5.41, 5.74) is 5.83. The van der Waals surface area contributed by atoms with Gasteiger partial charge in [-0.15, -0.1) is 0 Å². The lowest BCUT2D eigenvalue weighted by Gasteiger charge is -2.35. The van der Waals surface area contributed by atoms with E-state index in [0.29, 0.717) is 12.1 Å². The molecule has 0 bridgehead atoms. The van der Waals surface area contributed by atoms with Crippen LogP contribution in [0, 0.1) is 13.8 Å². The third-order valence-corrected chi connectivity index (χ3v) is 7.34. The largest absolute Gasteiger partial charge is 0.489 e. The molecule has 0 saturated heterocycles. The van der Waals surface area contributed by atoms with Crippen LogP contribution in [-0.4, -0.2) is 23.7 Å². The van der Waals surface area contributed by atoms with Crippen LogP contribution in [0.25, 0.3) is 10.8 Å². The Kier molecular flexibility index (Phi) is 6.31. The summed E-state index contributed by atoms with van der Waals surface area (Å²) in [6, 6.07) is 26.9. The number of fused-ring (bicyclic) bond motifs is 2. The SMILES string of the molecule is Cc1ccc(C(=O)O)c(C)c1[C@@H]1C[C@H](CN[C@H](C)c2cccc3ccccc23)Oc2ccccc21. The first-order valence-corrected chi connectivity index (χ1v) is 12.2. The van der Waals surface area contributed by atoms with Crippen LogP contribution in [0.4, 0.5) is 0 Å². The molecule has 4 aromatic carbocycles. The smallest absolute Gasteiger partial charge is 0.335 e. The van der Waals surface area contributed by atoms with Gasteiger partial charge in [0, 0.05) is 24.1 Å². The number of rotatable bonds is 6. The summed E-state index contributed by atoms with van der Waals surface area (Å²) in [4.78, 5) is 11.8. The molecule has 0 unspecified atom stereocenters. The zero-order valence-electron chi connectivity index (χ0n) is 20.4. The first-order chi connectivity index (χ1) is 16.9. The molecule has 2 N–H and O–H groups in total. The molecule has 35 heavy (non-hydrogen) atoms. The molecule has 0 fully saturated rings. The van der Waals surface area contributed by atoms with Crippen LogP contribution in [0.15, 0.2) is 78.9 Å². The zero-order valence-corrected chi connectivity index (χ0v) is 20.4. The average molecular weight is 466 g/mol. The Balaban J connectivity index is 1.43. The number of carbonyl (C=O) groups is 1. The van der Waals surface area contributed by atoms with E-state index in [-0.39, 0.29) is 18.1 Å². The van der Waals surface area contributed by atoms with E-state index in [2.05, 4.69) is 67.7 Å². The van der Waals surface area contributed by atoms with E-state index in [0.717, 1.165) is 34.4 Å². The molecule has 5 rings (SSSR count). The Bertz CT molecular complexity index is 1390. The highest BCUT2D eigenvalue weighted by Crippen LogP contribution is 2.43. The summed E-state index contributed by atoms with van der Waals surface area (Å²) in [5, 5.41) is 15.9. The maximum atomic E-state index is 11.8. The Morgan fingerprint density at radius 1 is 1.00 bits per heavy atom. The predicted molar refractivity (Wildman–Crippen MR) is 141 cm³/mol. The average Bonchev–Trinajstić information content (AvgIpc) is 2.86. The standard InChI is InChI=1S/C31H31NO3/c1-19-15-16-24(31(33)34)20(2)30(19)28-17-23(35-29-14-7-6-12-27(28)29)18-32-21(3)25-13-8-10-22-9-4-5-11-26(22)25/h4-16,21,23,28,32H,17-18H2,1-3H3,(H,33,34)/t21-,23-,28-/m1/s1. The second-order valence-corrected chi connectivity index (χ2v) is 9.54. The summed E-state index contributed by atoms with van der Waals surface area (Å²) in [6.07, 6.45) is 0.761. The molecule has 1 aliphatic heterocycles. The molecule has 1 heterocycles. The summed E-state index contributed by atoms with van der Waals surface area (Å²) in [7, 11) is 0. The van der Waals surface area contributed by atoms with E-state index in [9.17, 15) is 9.90 Å². The van der Waals surface area contributed by atoms with Crippen LogP contribution in [0.2, 0.25) is 0 Å². The molecule has 0 amide bonds. The second-order valence-electron chi connectivity index (χ2n) is 9.54. The number of aryl methyl sites for hydroxylation is 1. The van der Waals surface area contributed by atoms with Crippen molar-refractivity contribution in [1.82, 2.24) is 5.32 Å². The zero-order chi connectivity index (χ0) is 24.5. The number of para-hydroxylation sites is 1. The van der Waals surface area contributed by atoms with E-state index in [1.54, 1.807) is 6.07 Å². The number of carboxylic acid groups (broad SMARTS) is 1. The van der Waals surface area contributed by atoms with Gasteiger partial charge in [-0.1, -0.05) is 66.7 Å². The van der Waals surface area contributed by atoms with Gasteiger partial charge in [0.1, 0.15) is 11.9 Å². The van der Waals surface area contributed by atoms with E-state index >= 15 is 0 Å². The number of hydrogen-bond acceptors (Lipinski definition) is 3. The maximum Gasteiger partial charge on any atom is 0.335 e. The second kappa shape index (κ2) is 9.55. The van der Waals surface area contributed by atoms with E-state index in [1.165, 1.54) is 16.3 Å². The molecule has 178 valence electrons. The molecule has 0 saturated carbocycles. The highest BCUT2D eigenvalue weighted by atomic mass is 16.5. The number of carboxylic acids is 1. The third-order valence-electron chi connectivity index (χ3n) is 7.34. The quantitative estimate of drug-likeness (QED) is 0.329. The van der Waals surface area contributed by atoms with E-state index in [4.69, 9.17) is 4.74 Å². The van der Waals surface area contributed by atoms with Crippen molar-refractivity contribution >= 4 is 16.7 Å². The molecule has 0 aromatic heterocycles. The molecular formula is C31H31NO3. The minimum Gasteiger partial charge on any atom is -0.489 e. The van der Waals surface area contributed by atoms with Gasteiger partial charge >= 0.3 is 5.97 Å². The van der Waals surface area contributed by atoms with Crippen molar-refractivity contribution in [3.63, 3.8) is 0 Å². The minimum absolute atomic E-state index is 0.0281. The van der Waals surface area contributed by atoms with Crippen molar-refractivity contribution < 1.29 is 14.6 Å². The van der Waals surface area contributed by atoms with Crippen LogP contribution in [0.1, 0.15) is 63.5 Å². The normalized spacial score (nSPS) is 18.0. The fraction of sp³-hybridized carbons (Fsp3) is 0.258. The number of benzene rings is 4. The van der Waals surface area contributed by atoms with Crippen LogP contribution in [0.5, 0.6) is 5.75 Å². The van der Waals surface area contributed by atoms with Crippen LogP contribution in [-0.2, 0) is 0 Å². The summed E-state index contributed by atoms with van der Waals surface area (Å²) >= 11 is 0. The van der Waals surface area contributed by atoms with Gasteiger partial charge in [-0.3, -0.25) is 0 Å². The van der Waals surface area contributed by atoms with Gasteiger partial charge in [0.05, 0.1) is 5.56 Å². The van der Waals surface area contributed by atoms with Crippen molar-refractivity contribution in [1.29, 1.82) is 0 Å². The lowest BCUT2D eigenvalue weighted by molar-refractivity contribution is 0.0696. The first-order valence-electron chi connectivity index (χ1n) is 12.2. The van der Waals surface area contributed by atoms with Gasteiger partial charge in [0.25, 0.3) is 0 Å². The van der Waals surface area contributed by atoms with Crippen molar-refractivity contribution in [3.8, 4) is 5.75 Å². The van der Waals surface area contributed by atoms with Crippen molar-refractivity contribution in [2.24, 2.45) is 0 Å². The molecular weight excluding hydrogens is 434 g/mol. The fourth-order valence-electron chi connectivity index (χ4n) is 5.57. The topological polar surface area (TPSA) is 58.6 Å². The van der Waals surface area contributed by atoms with Crippen molar-refractivity contribution in [3.05, 3.63) is 112 Å². The Hall–Kier alpha value is -3.63. The van der Waals surface area contributed by atoms with Crippen molar-refractivity contribution in [2.45, 2.75) is 45.3 Å². The minimum atomic E-state index is -0.883. The monoisotopic (exact) mass is 465 g/mol. The summed E-state index contributed by atoms with van der Waals surface area (Å²) < 4.78 is 6.44. The first kappa shape index (κ1) is 23.1. The molecule has 0 aliphatic carbocycles. The predicted octanol–water partition coefficient (Wildman–Crippen LogP) is 6.79. The van der Waals surface area contributed by atoms with E-state index in [1.807, 2.05) is 31.2 Å². The van der Waals surface area contributed by atoms with Gasteiger partial charge < -0.3 is 15.2 Å². The molecule has 3 atom stereocenters. The lowest BCUT2D eigenvalue weighted by atomic mass is 9.79. The maximum absolute atomic E-state index is 11.8. The number of nitrogens with one attached hydrogen (secondary N) is 1. The van der Waals surface area contributed by atoms with E-state index < -0.39 is 5.97 Å². The highest BCUT2D eigenvalue weighted by Gasteiger charge is 2.32. The van der Waals surface area contributed by atoms with Gasteiger partial charge in [-0.05, 0) is 72.4 Å². The lowest BCUT2D eigenvalue weighted by Crippen LogP contribution is -2.37. The summed E-state index contributed by atoms with van der Waals surface area (Å²) in [6.45, 7) is 6.90. The molecule has 1 aliphatic rings. The Morgan fingerprint density at radius 2 is 1.74 bits per heavy atom. The highest BCUT2D eigenvalue weighted by molar-refractivity contribution is 5.90. The Morgan fingerprint density at radius 3 is 2.57 bits per heavy atom. The van der Waals surface area contributed by atoms with Crippen LogP contribution >= 0.6 is 0 Å². The van der Waals surface area contributed by atoms with Gasteiger partial charge in [-0.2, -0.15) is 0 Å². The molecule has 4 aromatic rings. The van der Waals surface area contributed by atoms with Crippen LogP contribution in [0.3, 0.4) is 0 Å². The molecule has 0 spiro atoms. The number of hydrogen-bond donors (Lipinski definition) is 2. The number of aromatic carboxylic acids is 1. The molecule has 4 nitrogen and oxygen atoms in total. The van der Waals surface area contributed by atoms with Gasteiger partial charge in [-0.25, -0.2) is 4.79 Å². The van der Waals surface area contributed by atoms with Crippen LogP contribution < -0.4 is 10.1 Å².